The maximum Gasteiger partial charge on any atom is 0.225 e. The second-order valence-corrected chi connectivity index (χ2v) is 8.63. The molecule has 144 valence electrons. The third-order valence-electron chi connectivity index (χ3n) is 6.26. The summed E-state index contributed by atoms with van der Waals surface area (Å²) >= 11 is 0. The minimum atomic E-state index is -0.0123. The number of likely N-dealkylation sites (tertiary alicyclic amines) is 2. The van der Waals surface area contributed by atoms with Gasteiger partial charge in [-0.05, 0) is 68.7 Å². The molecule has 4 nitrogen and oxygen atoms in total. The zero-order valence-electron chi connectivity index (χ0n) is 16.8. The molecule has 2 heterocycles. The van der Waals surface area contributed by atoms with Crippen LogP contribution in [0.4, 0.5) is 0 Å². The Balaban J connectivity index is 1.53. The second-order valence-electron chi connectivity index (χ2n) is 8.63. The molecule has 2 aliphatic heterocycles. The van der Waals surface area contributed by atoms with Crippen molar-refractivity contribution >= 4 is 5.91 Å². The minimum absolute atomic E-state index is 0.0123. The van der Waals surface area contributed by atoms with Crippen molar-refractivity contribution in [2.45, 2.75) is 59.4 Å². The lowest BCUT2D eigenvalue weighted by Crippen LogP contribution is -2.47. The average Bonchev–Trinajstić information content (AvgIpc) is 3.05. The number of aryl methyl sites for hydroxylation is 2. The first-order valence-corrected chi connectivity index (χ1v) is 10.2. The number of aromatic hydroxyl groups is 1. The fourth-order valence-electron chi connectivity index (χ4n) is 4.67. The third-order valence-corrected chi connectivity index (χ3v) is 6.26. The van der Waals surface area contributed by atoms with E-state index < -0.39 is 0 Å². The van der Waals surface area contributed by atoms with E-state index in [1.165, 1.54) is 19.5 Å². The van der Waals surface area contributed by atoms with Crippen molar-refractivity contribution in [3.05, 3.63) is 28.8 Å². The van der Waals surface area contributed by atoms with Gasteiger partial charge in [0.1, 0.15) is 5.75 Å². The number of piperidine rings is 1. The van der Waals surface area contributed by atoms with E-state index in [0.29, 0.717) is 11.8 Å². The number of benzene rings is 1. The summed E-state index contributed by atoms with van der Waals surface area (Å²) in [7, 11) is 0. The van der Waals surface area contributed by atoms with Crippen LogP contribution in [0.2, 0.25) is 0 Å². The smallest absolute Gasteiger partial charge is 0.225 e. The summed E-state index contributed by atoms with van der Waals surface area (Å²) in [5, 5.41) is 9.93. The number of hydrogen-bond donors (Lipinski definition) is 1. The summed E-state index contributed by atoms with van der Waals surface area (Å²) in [5.74, 6) is 1.46. The Kier molecular flexibility index (Phi) is 5.91. The summed E-state index contributed by atoms with van der Waals surface area (Å²) < 4.78 is 0. The highest BCUT2D eigenvalue weighted by atomic mass is 16.3. The number of hydrogen-bond acceptors (Lipinski definition) is 3. The maximum absolute atomic E-state index is 12.9. The van der Waals surface area contributed by atoms with Gasteiger partial charge in [0.25, 0.3) is 0 Å². The maximum atomic E-state index is 12.9. The van der Waals surface area contributed by atoms with Crippen LogP contribution in [-0.2, 0) is 11.2 Å². The lowest BCUT2D eigenvalue weighted by Gasteiger charge is -2.37. The first-order chi connectivity index (χ1) is 12.3. The Labute approximate surface area is 158 Å². The molecule has 0 radical (unpaired) electrons. The summed E-state index contributed by atoms with van der Waals surface area (Å²) in [4.78, 5) is 17.6. The van der Waals surface area contributed by atoms with Gasteiger partial charge in [-0.15, -0.1) is 0 Å². The summed E-state index contributed by atoms with van der Waals surface area (Å²) in [5.41, 5.74) is 2.92. The standard InChI is InChI=1S/C22H34N2O2/c1-15-5-8-24(14-15)20-6-9-23(10-7-20)22(26)18(4)13-19-11-16(2)21(25)17(3)12-19/h11-12,15,18,20,25H,5-10,13-14H2,1-4H3/t15-,18-/m1/s1. The number of nitrogens with zero attached hydrogens (tertiary/aromatic N) is 2. The molecule has 2 fully saturated rings. The fourth-order valence-corrected chi connectivity index (χ4v) is 4.67. The van der Waals surface area contributed by atoms with Crippen molar-refractivity contribution in [1.29, 1.82) is 0 Å². The third kappa shape index (κ3) is 4.22. The van der Waals surface area contributed by atoms with Gasteiger partial charge in [-0.3, -0.25) is 9.69 Å². The first-order valence-electron chi connectivity index (χ1n) is 10.2. The molecule has 1 aromatic carbocycles. The molecule has 0 unspecified atom stereocenters. The highest BCUT2D eigenvalue weighted by Gasteiger charge is 2.31. The zero-order chi connectivity index (χ0) is 18.8. The molecule has 1 aromatic rings. The van der Waals surface area contributed by atoms with Gasteiger partial charge in [0, 0.05) is 31.6 Å². The predicted molar refractivity (Wildman–Crippen MR) is 105 cm³/mol. The van der Waals surface area contributed by atoms with E-state index >= 15 is 0 Å². The summed E-state index contributed by atoms with van der Waals surface area (Å²) in [6.07, 6.45) is 4.29. The van der Waals surface area contributed by atoms with Crippen molar-refractivity contribution in [3.8, 4) is 5.75 Å². The molecular formula is C22H34N2O2. The van der Waals surface area contributed by atoms with Gasteiger partial charge in [0.15, 0.2) is 0 Å². The molecule has 3 rings (SSSR count). The van der Waals surface area contributed by atoms with E-state index in [1.807, 2.05) is 32.9 Å². The largest absolute Gasteiger partial charge is 0.507 e. The van der Waals surface area contributed by atoms with Gasteiger partial charge in [0.2, 0.25) is 5.91 Å². The van der Waals surface area contributed by atoms with Crippen molar-refractivity contribution in [2.75, 3.05) is 26.2 Å². The van der Waals surface area contributed by atoms with Gasteiger partial charge < -0.3 is 10.0 Å². The van der Waals surface area contributed by atoms with Crippen LogP contribution < -0.4 is 0 Å². The summed E-state index contributed by atoms with van der Waals surface area (Å²) in [6.45, 7) is 12.5. The van der Waals surface area contributed by atoms with Crippen LogP contribution >= 0.6 is 0 Å². The van der Waals surface area contributed by atoms with Crippen LogP contribution in [-0.4, -0.2) is 53.0 Å². The molecule has 4 heteroatoms. The van der Waals surface area contributed by atoms with Gasteiger partial charge in [-0.1, -0.05) is 26.0 Å². The lowest BCUT2D eigenvalue weighted by molar-refractivity contribution is -0.136. The molecular weight excluding hydrogens is 324 g/mol. The van der Waals surface area contributed by atoms with Crippen LogP contribution in [0.15, 0.2) is 12.1 Å². The number of carbonyl (C=O) groups excluding carboxylic acids is 1. The fraction of sp³-hybridized carbons (Fsp3) is 0.682. The Bertz CT molecular complexity index is 627. The van der Waals surface area contributed by atoms with E-state index in [9.17, 15) is 9.90 Å². The Morgan fingerprint density at radius 1 is 1.15 bits per heavy atom. The van der Waals surface area contributed by atoms with Crippen LogP contribution in [0.3, 0.4) is 0 Å². The first kappa shape index (κ1) is 19.2. The molecule has 2 aliphatic rings. The van der Waals surface area contributed by atoms with E-state index in [1.54, 1.807) is 0 Å². The van der Waals surface area contributed by atoms with E-state index in [0.717, 1.165) is 55.0 Å². The van der Waals surface area contributed by atoms with Crippen molar-refractivity contribution < 1.29 is 9.90 Å². The molecule has 0 bridgehead atoms. The van der Waals surface area contributed by atoms with Gasteiger partial charge in [0.05, 0.1) is 0 Å². The molecule has 1 amide bonds. The van der Waals surface area contributed by atoms with E-state index in [4.69, 9.17) is 0 Å². The molecule has 0 spiro atoms. The molecule has 0 saturated carbocycles. The highest BCUT2D eigenvalue weighted by Crippen LogP contribution is 2.27. The Morgan fingerprint density at radius 3 is 2.31 bits per heavy atom. The van der Waals surface area contributed by atoms with E-state index in [-0.39, 0.29) is 11.8 Å². The number of amides is 1. The quantitative estimate of drug-likeness (QED) is 0.896. The molecule has 0 aliphatic carbocycles. The van der Waals surface area contributed by atoms with Crippen LogP contribution in [0, 0.1) is 25.7 Å². The predicted octanol–water partition coefficient (Wildman–Crippen LogP) is 3.52. The zero-order valence-corrected chi connectivity index (χ0v) is 16.8. The average molecular weight is 359 g/mol. The molecule has 2 saturated heterocycles. The SMILES string of the molecule is Cc1cc(C[C@@H](C)C(=O)N2CCC(N3CC[C@@H](C)C3)CC2)cc(C)c1O. The van der Waals surface area contributed by atoms with E-state index in [2.05, 4.69) is 16.7 Å². The van der Waals surface area contributed by atoms with Crippen molar-refractivity contribution in [2.24, 2.45) is 11.8 Å². The van der Waals surface area contributed by atoms with Crippen molar-refractivity contribution in [3.63, 3.8) is 0 Å². The van der Waals surface area contributed by atoms with Gasteiger partial charge in [-0.25, -0.2) is 0 Å². The number of carbonyl (C=O) groups is 1. The van der Waals surface area contributed by atoms with Gasteiger partial charge in [-0.2, -0.15) is 0 Å². The molecule has 26 heavy (non-hydrogen) atoms. The monoisotopic (exact) mass is 358 g/mol. The Hall–Kier alpha value is -1.55. The molecule has 0 aromatic heterocycles. The molecule has 2 atom stereocenters. The topological polar surface area (TPSA) is 43.8 Å². The second kappa shape index (κ2) is 7.99. The van der Waals surface area contributed by atoms with Crippen LogP contribution in [0.1, 0.15) is 49.8 Å². The number of rotatable bonds is 4. The highest BCUT2D eigenvalue weighted by molar-refractivity contribution is 5.79. The number of phenols is 1. The van der Waals surface area contributed by atoms with Crippen LogP contribution in [0.5, 0.6) is 5.75 Å². The molecule has 1 N–H and O–H groups in total. The lowest BCUT2D eigenvalue weighted by atomic mass is 9.95. The van der Waals surface area contributed by atoms with Crippen molar-refractivity contribution in [1.82, 2.24) is 9.80 Å². The summed E-state index contributed by atoms with van der Waals surface area (Å²) in [6, 6.07) is 4.68. The van der Waals surface area contributed by atoms with Gasteiger partial charge >= 0.3 is 0 Å². The normalized spacial score (nSPS) is 23.4. The Morgan fingerprint density at radius 2 is 1.77 bits per heavy atom. The van der Waals surface area contributed by atoms with Crippen LogP contribution in [0.25, 0.3) is 0 Å². The minimum Gasteiger partial charge on any atom is -0.507 e. The number of phenolic OH excluding ortho intramolecular Hbond substituents is 1.